The first-order valence-electron chi connectivity index (χ1n) is 4.21. The molecule has 0 aromatic rings. The normalized spacial score (nSPS) is 48.5. The fourth-order valence-corrected chi connectivity index (χ4v) is 2.41. The minimum Gasteiger partial charge on any atom is -0.384 e. The molecule has 2 aliphatic rings. The molecule has 1 heterocycles. The first-order valence-corrected chi connectivity index (χ1v) is 4.21. The third-order valence-corrected chi connectivity index (χ3v) is 3.43. The molecule has 2 rings (SSSR count). The van der Waals surface area contributed by atoms with Crippen LogP contribution in [0.1, 0.15) is 12.8 Å². The number of nitrogens with two attached hydrogens (primary N) is 1. The van der Waals surface area contributed by atoms with Gasteiger partial charge >= 0.3 is 0 Å². The molecule has 11 heavy (non-hydrogen) atoms. The summed E-state index contributed by atoms with van der Waals surface area (Å²) < 4.78 is 5.20. The molecule has 1 saturated heterocycles. The molecule has 3 heteroatoms. The summed E-state index contributed by atoms with van der Waals surface area (Å²) in [5.41, 5.74) is 6.50. The SMILES string of the molecule is COCC12CCC1(N)CNC2. The van der Waals surface area contributed by atoms with Crippen molar-refractivity contribution < 1.29 is 4.74 Å². The van der Waals surface area contributed by atoms with Gasteiger partial charge in [-0.05, 0) is 12.8 Å². The van der Waals surface area contributed by atoms with E-state index in [2.05, 4.69) is 5.32 Å². The summed E-state index contributed by atoms with van der Waals surface area (Å²) in [7, 11) is 1.76. The van der Waals surface area contributed by atoms with Gasteiger partial charge in [0.25, 0.3) is 0 Å². The monoisotopic (exact) mass is 156 g/mol. The van der Waals surface area contributed by atoms with Gasteiger partial charge in [-0.25, -0.2) is 0 Å². The molecule has 3 nitrogen and oxygen atoms in total. The summed E-state index contributed by atoms with van der Waals surface area (Å²) in [5, 5.41) is 3.35. The third kappa shape index (κ3) is 0.789. The predicted molar refractivity (Wildman–Crippen MR) is 43.3 cm³/mol. The summed E-state index contributed by atoms with van der Waals surface area (Å²) in [4.78, 5) is 0. The molecular formula is C8H16N2O. The van der Waals surface area contributed by atoms with Crippen LogP contribution in [0.2, 0.25) is 0 Å². The van der Waals surface area contributed by atoms with Crippen LogP contribution in [0.5, 0.6) is 0 Å². The van der Waals surface area contributed by atoms with Crippen molar-refractivity contribution >= 4 is 0 Å². The number of fused-ring (bicyclic) bond motifs is 1. The van der Waals surface area contributed by atoms with Crippen LogP contribution >= 0.6 is 0 Å². The van der Waals surface area contributed by atoms with Gasteiger partial charge in [-0.2, -0.15) is 0 Å². The number of rotatable bonds is 2. The lowest BCUT2D eigenvalue weighted by Gasteiger charge is -2.52. The Morgan fingerprint density at radius 1 is 1.45 bits per heavy atom. The van der Waals surface area contributed by atoms with Crippen LogP contribution in [0.15, 0.2) is 0 Å². The van der Waals surface area contributed by atoms with Gasteiger partial charge in [0, 0.05) is 31.2 Å². The number of ether oxygens (including phenoxy) is 1. The van der Waals surface area contributed by atoms with Crippen molar-refractivity contribution in [3.63, 3.8) is 0 Å². The summed E-state index contributed by atoms with van der Waals surface area (Å²) in [6.45, 7) is 2.82. The minimum absolute atomic E-state index is 0.0447. The summed E-state index contributed by atoms with van der Waals surface area (Å²) in [6.07, 6.45) is 2.38. The fraction of sp³-hybridized carbons (Fsp3) is 1.00. The molecule has 64 valence electrons. The summed E-state index contributed by atoms with van der Waals surface area (Å²) >= 11 is 0. The Morgan fingerprint density at radius 3 is 2.73 bits per heavy atom. The van der Waals surface area contributed by atoms with Crippen LogP contribution in [-0.4, -0.2) is 32.3 Å². The largest absolute Gasteiger partial charge is 0.384 e. The molecule has 3 N–H and O–H groups in total. The zero-order chi connectivity index (χ0) is 7.95. The highest BCUT2D eigenvalue weighted by Crippen LogP contribution is 2.50. The molecule has 1 aliphatic heterocycles. The molecule has 0 aromatic heterocycles. The molecule has 0 aromatic carbocycles. The standard InChI is InChI=1S/C8H16N2O/c1-11-6-7-2-3-8(7,9)5-10-4-7/h10H,2-6,9H2,1H3. The molecule has 1 aliphatic carbocycles. The van der Waals surface area contributed by atoms with Crippen molar-refractivity contribution in [2.45, 2.75) is 18.4 Å². The van der Waals surface area contributed by atoms with Crippen LogP contribution in [0.3, 0.4) is 0 Å². The van der Waals surface area contributed by atoms with Crippen molar-refractivity contribution in [2.75, 3.05) is 26.8 Å². The summed E-state index contributed by atoms with van der Waals surface area (Å²) in [6, 6.07) is 0. The highest BCUT2D eigenvalue weighted by atomic mass is 16.5. The third-order valence-electron chi connectivity index (χ3n) is 3.43. The van der Waals surface area contributed by atoms with E-state index in [9.17, 15) is 0 Å². The van der Waals surface area contributed by atoms with E-state index >= 15 is 0 Å². The quantitative estimate of drug-likeness (QED) is 0.578. The number of nitrogens with one attached hydrogen (secondary N) is 1. The Labute approximate surface area is 67.3 Å². The van der Waals surface area contributed by atoms with E-state index < -0.39 is 0 Å². The average molecular weight is 156 g/mol. The predicted octanol–water partition coefficient (Wildman–Crippen LogP) is -0.286. The first kappa shape index (κ1) is 7.53. The van der Waals surface area contributed by atoms with Gasteiger partial charge in [0.2, 0.25) is 0 Å². The van der Waals surface area contributed by atoms with Crippen molar-refractivity contribution in [1.82, 2.24) is 5.32 Å². The second-order valence-corrected chi connectivity index (χ2v) is 3.97. The van der Waals surface area contributed by atoms with E-state index in [0.29, 0.717) is 0 Å². The van der Waals surface area contributed by atoms with Gasteiger partial charge in [-0.15, -0.1) is 0 Å². The van der Waals surface area contributed by atoms with Gasteiger partial charge in [0.05, 0.1) is 6.61 Å². The van der Waals surface area contributed by atoms with E-state index in [1.807, 2.05) is 0 Å². The molecular weight excluding hydrogens is 140 g/mol. The van der Waals surface area contributed by atoms with Crippen LogP contribution in [0, 0.1) is 5.41 Å². The summed E-state index contributed by atoms with van der Waals surface area (Å²) in [5.74, 6) is 0. The van der Waals surface area contributed by atoms with Crippen LogP contribution in [0.4, 0.5) is 0 Å². The zero-order valence-corrected chi connectivity index (χ0v) is 7.02. The van der Waals surface area contributed by atoms with E-state index in [0.717, 1.165) is 26.1 Å². The maximum atomic E-state index is 6.19. The van der Waals surface area contributed by atoms with Gasteiger partial charge in [-0.3, -0.25) is 0 Å². The lowest BCUT2D eigenvalue weighted by atomic mass is 9.57. The van der Waals surface area contributed by atoms with Gasteiger partial charge in [0.15, 0.2) is 0 Å². The zero-order valence-electron chi connectivity index (χ0n) is 7.02. The Kier molecular flexibility index (Phi) is 1.50. The number of methoxy groups -OCH3 is 1. The molecule has 0 spiro atoms. The van der Waals surface area contributed by atoms with Crippen molar-refractivity contribution in [1.29, 1.82) is 0 Å². The van der Waals surface area contributed by atoms with Crippen LogP contribution in [0.25, 0.3) is 0 Å². The second-order valence-electron chi connectivity index (χ2n) is 3.97. The Morgan fingerprint density at radius 2 is 2.27 bits per heavy atom. The lowest BCUT2D eigenvalue weighted by molar-refractivity contribution is -0.0262. The molecule has 0 radical (unpaired) electrons. The number of hydrogen-bond donors (Lipinski definition) is 2. The van der Waals surface area contributed by atoms with E-state index in [-0.39, 0.29) is 11.0 Å². The maximum absolute atomic E-state index is 6.19. The molecule has 2 fully saturated rings. The number of hydrogen-bond acceptors (Lipinski definition) is 3. The van der Waals surface area contributed by atoms with Crippen LogP contribution < -0.4 is 11.1 Å². The lowest BCUT2D eigenvalue weighted by Crippen LogP contribution is -2.64. The van der Waals surface area contributed by atoms with E-state index in [1.165, 1.54) is 6.42 Å². The van der Waals surface area contributed by atoms with Crippen molar-refractivity contribution in [3.8, 4) is 0 Å². The maximum Gasteiger partial charge on any atom is 0.0548 e. The average Bonchev–Trinajstić information content (AvgIpc) is 2.17. The van der Waals surface area contributed by atoms with Crippen molar-refractivity contribution in [3.05, 3.63) is 0 Å². The van der Waals surface area contributed by atoms with Gasteiger partial charge in [-0.1, -0.05) is 0 Å². The Hall–Kier alpha value is -0.120. The van der Waals surface area contributed by atoms with Crippen molar-refractivity contribution in [2.24, 2.45) is 11.1 Å². The Bertz CT molecular complexity index is 173. The highest BCUT2D eigenvalue weighted by Gasteiger charge is 2.59. The molecule has 0 bridgehead atoms. The minimum atomic E-state index is 0.0447. The smallest absolute Gasteiger partial charge is 0.0548 e. The first-order chi connectivity index (χ1) is 5.22. The van der Waals surface area contributed by atoms with Gasteiger partial charge < -0.3 is 15.8 Å². The topological polar surface area (TPSA) is 47.3 Å². The molecule has 1 saturated carbocycles. The van der Waals surface area contributed by atoms with Gasteiger partial charge in [0.1, 0.15) is 0 Å². The Balaban J connectivity index is 2.12. The highest BCUT2D eigenvalue weighted by molar-refractivity contribution is 5.17. The molecule has 2 atom stereocenters. The second kappa shape index (κ2) is 2.19. The fourth-order valence-electron chi connectivity index (χ4n) is 2.41. The molecule has 2 unspecified atom stereocenters. The van der Waals surface area contributed by atoms with Crippen LogP contribution in [-0.2, 0) is 4.74 Å². The molecule has 0 amide bonds. The van der Waals surface area contributed by atoms with E-state index in [4.69, 9.17) is 10.5 Å². The van der Waals surface area contributed by atoms with E-state index in [1.54, 1.807) is 7.11 Å².